The van der Waals surface area contributed by atoms with Crippen LogP contribution in [0.15, 0.2) is 15.9 Å². The van der Waals surface area contributed by atoms with Crippen molar-refractivity contribution in [1.82, 2.24) is 23.6 Å². The number of hydrogen-bond acceptors (Lipinski definition) is 5. The number of amides is 1. The van der Waals surface area contributed by atoms with Crippen molar-refractivity contribution in [1.29, 1.82) is 0 Å². The molecular formula is C18H23N5O5. The Hall–Kier alpha value is -2.91. The van der Waals surface area contributed by atoms with Crippen molar-refractivity contribution in [3.63, 3.8) is 0 Å². The summed E-state index contributed by atoms with van der Waals surface area (Å²) in [4.78, 5) is 55.8. The van der Waals surface area contributed by atoms with Gasteiger partial charge in [0.05, 0.1) is 6.33 Å². The summed E-state index contributed by atoms with van der Waals surface area (Å²) in [6.07, 6.45) is 5.51. The highest BCUT2D eigenvalue weighted by Crippen LogP contribution is 2.39. The van der Waals surface area contributed by atoms with E-state index >= 15 is 0 Å². The normalized spacial score (nSPS) is 24.5. The summed E-state index contributed by atoms with van der Waals surface area (Å²) >= 11 is 0. The lowest BCUT2D eigenvalue weighted by atomic mass is 9.85. The minimum absolute atomic E-state index is 0.137. The van der Waals surface area contributed by atoms with E-state index in [1.165, 1.54) is 27.4 Å². The van der Waals surface area contributed by atoms with E-state index < -0.39 is 35.7 Å². The van der Waals surface area contributed by atoms with Gasteiger partial charge in [0.15, 0.2) is 11.2 Å². The number of carboxylic acids is 1. The lowest BCUT2D eigenvalue weighted by Gasteiger charge is -2.33. The number of carbonyl (C=O) groups excluding carboxylic acids is 1. The topological polar surface area (TPSA) is 119 Å². The van der Waals surface area contributed by atoms with Crippen LogP contribution in [-0.4, -0.2) is 52.7 Å². The summed E-state index contributed by atoms with van der Waals surface area (Å²) in [6, 6.07) is -1.04. The summed E-state index contributed by atoms with van der Waals surface area (Å²) in [5.41, 5.74) is -0.770. The van der Waals surface area contributed by atoms with Crippen molar-refractivity contribution in [3.8, 4) is 0 Å². The SMILES string of the molecule is Cn1cnc2c1c(=O)n(CC(=O)N1[C@@H]3CCCC[C@H]3C[C@H]1C(=O)O)c(=O)n2C. The van der Waals surface area contributed by atoms with Crippen molar-refractivity contribution in [2.24, 2.45) is 20.0 Å². The molecule has 28 heavy (non-hydrogen) atoms. The van der Waals surface area contributed by atoms with Gasteiger partial charge in [0.25, 0.3) is 5.56 Å². The molecule has 1 aliphatic heterocycles. The standard InChI is InChI=1S/C18H23N5O5/c1-20-9-19-15-14(20)16(25)22(18(28)21(15)2)8-13(24)23-11-6-4-3-5-10(11)7-12(23)17(26)27/h9-12H,3-8H2,1-2H3,(H,26,27)/t10-,11+,12-/m0/s1. The van der Waals surface area contributed by atoms with Gasteiger partial charge in [0.2, 0.25) is 5.91 Å². The summed E-state index contributed by atoms with van der Waals surface area (Å²) in [6.45, 7) is -0.473. The lowest BCUT2D eigenvalue weighted by Crippen LogP contribution is -2.50. The molecule has 10 nitrogen and oxygen atoms in total. The van der Waals surface area contributed by atoms with E-state index in [9.17, 15) is 24.3 Å². The number of carbonyl (C=O) groups is 2. The molecule has 0 radical (unpaired) electrons. The van der Waals surface area contributed by atoms with E-state index in [0.29, 0.717) is 6.42 Å². The molecule has 1 aliphatic carbocycles. The zero-order chi connectivity index (χ0) is 20.2. The monoisotopic (exact) mass is 389 g/mol. The largest absolute Gasteiger partial charge is 0.480 e. The second-order valence-electron chi connectivity index (χ2n) is 7.76. The Morgan fingerprint density at radius 1 is 1.21 bits per heavy atom. The predicted molar refractivity (Wildman–Crippen MR) is 98.8 cm³/mol. The lowest BCUT2D eigenvalue weighted by molar-refractivity contribution is -0.150. The van der Waals surface area contributed by atoms with E-state index in [1.807, 2.05) is 0 Å². The molecule has 3 heterocycles. The molecule has 0 unspecified atom stereocenters. The molecule has 0 spiro atoms. The Morgan fingerprint density at radius 2 is 1.93 bits per heavy atom. The summed E-state index contributed by atoms with van der Waals surface area (Å²) < 4.78 is 3.61. The van der Waals surface area contributed by atoms with Crippen LogP contribution in [0.3, 0.4) is 0 Å². The third kappa shape index (κ3) is 2.66. The second-order valence-corrected chi connectivity index (χ2v) is 7.76. The Labute approximate surface area is 160 Å². The number of aryl methyl sites for hydroxylation is 2. The number of hydrogen-bond donors (Lipinski definition) is 1. The van der Waals surface area contributed by atoms with Crippen LogP contribution in [0.25, 0.3) is 11.2 Å². The minimum atomic E-state index is -1.04. The van der Waals surface area contributed by atoms with Crippen molar-refractivity contribution in [3.05, 3.63) is 27.2 Å². The van der Waals surface area contributed by atoms with Gasteiger partial charge >= 0.3 is 11.7 Å². The smallest absolute Gasteiger partial charge is 0.332 e. The maximum absolute atomic E-state index is 13.1. The Balaban J connectivity index is 1.74. The summed E-state index contributed by atoms with van der Waals surface area (Å²) in [5.74, 6) is -1.37. The Kier molecular flexibility index (Phi) is 4.35. The molecular weight excluding hydrogens is 366 g/mol. The number of aliphatic carboxylic acids is 1. The highest BCUT2D eigenvalue weighted by Gasteiger charge is 2.47. The van der Waals surface area contributed by atoms with Crippen LogP contribution in [0.1, 0.15) is 32.1 Å². The van der Waals surface area contributed by atoms with Crippen LogP contribution in [0.4, 0.5) is 0 Å². The van der Waals surface area contributed by atoms with Crippen molar-refractivity contribution >= 4 is 23.0 Å². The first kappa shape index (κ1) is 18.5. The molecule has 4 rings (SSSR count). The van der Waals surface area contributed by atoms with Gasteiger partial charge < -0.3 is 14.6 Å². The molecule has 1 saturated carbocycles. The van der Waals surface area contributed by atoms with Gasteiger partial charge in [0, 0.05) is 20.1 Å². The van der Waals surface area contributed by atoms with Gasteiger partial charge in [-0.25, -0.2) is 19.1 Å². The first-order chi connectivity index (χ1) is 13.3. The second kappa shape index (κ2) is 6.61. The molecule has 0 aromatic carbocycles. The van der Waals surface area contributed by atoms with Crippen LogP contribution >= 0.6 is 0 Å². The Bertz CT molecular complexity index is 1080. The number of imidazole rings is 1. The molecule has 2 aliphatic rings. The molecule has 3 atom stereocenters. The van der Waals surface area contributed by atoms with Gasteiger partial charge in [0.1, 0.15) is 12.6 Å². The van der Waals surface area contributed by atoms with Crippen molar-refractivity contribution in [2.45, 2.75) is 50.7 Å². The Morgan fingerprint density at radius 3 is 2.64 bits per heavy atom. The van der Waals surface area contributed by atoms with Crippen LogP contribution in [0.5, 0.6) is 0 Å². The number of likely N-dealkylation sites (tertiary alicyclic amines) is 1. The minimum Gasteiger partial charge on any atom is -0.480 e. The van der Waals surface area contributed by atoms with Gasteiger partial charge in [-0.1, -0.05) is 12.8 Å². The third-order valence-corrected chi connectivity index (χ3v) is 6.16. The maximum Gasteiger partial charge on any atom is 0.332 e. The quantitative estimate of drug-likeness (QED) is 0.768. The van der Waals surface area contributed by atoms with E-state index in [0.717, 1.165) is 30.3 Å². The molecule has 0 bridgehead atoms. The average Bonchev–Trinajstić information content (AvgIpc) is 3.24. The number of rotatable bonds is 3. The molecule has 2 fully saturated rings. The molecule has 1 N–H and O–H groups in total. The zero-order valence-electron chi connectivity index (χ0n) is 15.9. The summed E-state index contributed by atoms with van der Waals surface area (Å²) in [5, 5.41) is 9.61. The fourth-order valence-corrected chi connectivity index (χ4v) is 4.79. The van der Waals surface area contributed by atoms with E-state index in [-0.39, 0.29) is 23.1 Å². The average molecular weight is 389 g/mol. The molecule has 150 valence electrons. The summed E-state index contributed by atoms with van der Waals surface area (Å²) in [7, 11) is 3.13. The highest BCUT2D eigenvalue weighted by atomic mass is 16.4. The molecule has 2 aromatic heterocycles. The highest BCUT2D eigenvalue weighted by molar-refractivity contribution is 5.85. The van der Waals surface area contributed by atoms with Crippen LogP contribution < -0.4 is 11.2 Å². The molecule has 2 aromatic rings. The number of fused-ring (bicyclic) bond motifs is 2. The molecule has 1 amide bonds. The number of aromatic nitrogens is 4. The van der Waals surface area contributed by atoms with Crippen LogP contribution in [0.2, 0.25) is 0 Å². The first-order valence-corrected chi connectivity index (χ1v) is 9.46. The zero-order valence-corrected chi connectivity index (χ0v) is 15.9. The van der Waals surface area contributed by atoms with Gasteiger partial charge in [-0.05, 0) is 25.2 Å². The van der Waals surface area contributed by atoms with Gasteiger partial charge in [-0.15, -0.1) is 0 Å². The van der Waals surface area contributed by atoms with E-state index in [4.69, 9.17) is 0 Å². The maximum atomic E-state index is 13.1. The first-order valence-electron chi connectivity index (χ1n) is 9.46. The number of nitrogens with zero attached hydrogens (tertiary/aromatic N) is 5. The fraction of sp³-hybridized carbons (Fsp3) is 0.611. The van der Waals surface area contributed by atoms with Crippen molar-refractivity contribution in [2.75, 3.05) is 0 Å². The van der Waals surface area contributed by atoms with E-state index in [2.05, 4.69) is 4.98 Å². The van der Waals surface area contributed by atoms with Crippen LogP contribution in [0, 0.1) is 5.92 Å². The van der Waals surface area contributed by atoms with Crippen LogP contribution in [-0.2, 0) is 30.2 Å². The number of carboxylic acid groups (broad SMARTS) is 1. The van der Waals surface area contributed by atoms with Crippen molar-refractivity contribution < 1.29 is 14.7 Å². The van der Waals surface area contributed by atoms with Gasteiger partial charge in [-0.3, -0.25) is 14.2 Å². The third-order valence-electron chi connectivity index (χ3n) is 6.16. The molecule has 1 saturated heterocycles. The molecule has 10 heteroatoms. The van der Waals surface area contributed by atoms with E-state index in [1.54, 1.807) is 7.05 Å². The fourth-order valence-electron chi connectivity index (χ4n) is 4.79. The van der Waals surface area contributed by atoms with Gasteiger partial charge in [-0.2, -0.15) is 0 Å². The predicted octanol–water partition coefficient (Wildman–Crippen LogP) is -0.322.